The highest BCUT2D eigenvalue weighted by molar-refractivity contribution is 8.93. The van der Waals surface area contributed by atoms with Gasteiger partial charge in [0.25, 0.3) is 0 Å². The minimum atomic E-state index is -0.741. The van der Waals surface area contributed by atoms with Crippen molar-refractivity contribution in [1.82, 2.24) is 4.90 Å². The maximum absolute atomic E-state index is 9.70. The molecule has 1 aliphatic rings. The Morgan fingerprint density at radius 3 is 2.15 bits per heavy atom. The van der Waals surface area contributed by atoms with E-state index in [1.807, 2.05) is 12.1 Å². The van der Waals surface area contributed by atoms with Crippen molar-refractivity contribution in [2.75, 3.05) is 19.6 Å². The molecular formula is C21H30BrNO3. The first-order valence-corrected chi connectivity index (χ1v) is 9.04. The maximum atomic E-state index is 9.70. The zero-order chi connectivity index (χ0) is 18.4. The van der Waals surface area contributed by atoms with Gasteiger partial charge in [0.1, 0.15) is 5.75 Å². The second-order valence-corrected chi connectivity index (χ2v) is 7.19. The molecule has 26 heavy (non-hydrogen) atoms. The van der Waals surface area contributed by atoms with E-state index < -0.39 is 5.97 Å². The standard InChI is InChI=1S/C17H21NO.C4H8O2.BrH/c1-13(12-18-8-2-3-9-18)14-4-5-16-11-17(19)7-6-15(16)10-14;1-3(2)4(5)6;/h4-7,10-11,13,19H,2-3,8-9,12H2,1H3;3H,1-2H3,(H,5,6);1H. The van der Waals surface area contributed by atoms with Crippen LogP contribution in [0.4, 0.5) is 0 Å². The second kappa shape index (κ2) is 10.5. The molecule has 3 rings (SSSR count). The molecule has 4 nitrogen and oxygen atoms in total. The molecule has 1 saturated heterocycles. The van der Waals surface area contributed by atoms with Crippen molar-refractivity contribution in [2.24, 2.45) is 5.92 Å². The lowest BCUT2D eigenvalue weighted by atomic mass is 9.97. The van der Waals surface area contributed by atoms with Crippen LogP contribution in [0.25, 0.3) is 10.8 Å². The van der Waals surface area contributed by atoms with Gasteiger partial charge in [0, 0.05) is 6.54 Å². The number of likely N-dealkylation sites (tertiary alicyclic amines) is 1. The Morgan fingerprint density at radius 2 is 1.58 bits per heavy atom. The first-order valence-electron chi connectivity index (χ1n) is 9.04. The van der Waals surface area contributed by atoms with Crippen LogP contribution in [-0.4, -0.2) is 40.7 Å². The third kappa shape index (κ3) is 6.61. The van der Waals surface area contributed by atoms with Crippen LogP contribution in [0.1, 0.15) is 45.1 Å². The molecule has 1 fully saturated rings. The number of benzene rings is 2. The Morgan fingerprint density at radius 1 is 1.04 bits per heavy atom. The molecular weight excluding hydrogens is 394 g/mol. The van der Waals surface area contributed by atoms with Crippen LogP contribution in [-0.2, 0) is 4.79 Å². The van der Waals surface area contributed by atoms with Crippen molar-refractivity contribution in [3.05, 3.63) is 42.0 Å². The van der Waals surface area contributed by atoms with Crippen molar-refractivity contribution in [1.29, 1.82) is 0 Å². The van der Waals surface area contributed by atoms with Crippen LogP contribution < -0.4 is 0 Å². The van der Waals surface area contributed by atoms with Crippen LogP contribution in [0.2, 0.25) is 0 Å². The van der Waals surface area contributed by atoms with Gasteiger partial charge in [0.15, 0.2) is 0 Å². The molecule has 0 radical (unpaired) electrons. The van der Waals surface area contributed by atoms with Crippen molar-refractivity contribution < 1.29 is 15.0 Å². The van der Waals surface area contributed by atoms with E-state index >= 15 is 0 Å². The van der Waals surface area contributed by atoms with Crippen LogP contribution in [0.5, 0.6) is 5.75 Å². The van der Waals surface area contributed by atoms with Gasteiger partial charge in [-0.1, -0.05) is 45.0 Å². The van der Waals surface area contributed by atoms with Crippen LogP contribution >= 0.6 is 17.0 Å². The monoisotopic (exact) mass is 423 g/mol. The fourth-order valence-corrected chi connectivity index (χ4v) is 3.02. The third-order valence-corrected chi connectivity index (χ3v) is 4.64. The van der Waals surface area contributed by atoms with Gasteiger partial charge < -0.3 is 15.1 Å². The third-order valence-electron chi connectivity index (χ3n) is 4.64. The number of aliphatic carboxylic acids is 1. The molecule has 2 N–H and O–H groups in total. The van der Waals surface area contributed by atoms with Crippen LogP contribution in [0.15, 0.2) is 36.4 Å². The zero-order valence-corrected chi connectivity index (χ0v) is 17.5. The first kappa shape index (κ1) is 22.5. The normalized spacial score (nSPS) is 15.2. The predicted molar refractivity (Wildman–Crippen MR) is 112 cm³/mol. The molecule has 1 heterocycles. The number of carbonyl (C=O) groups is 1. The minimum absolute atomic E-state index is 0. The van der Waals surface area contributed by atoms with Gasteiger partial charge in [0.05, 0.1) is 5.92 Å². The zero-order valence-electron chi connectivity index (χ0n) is 15.8. The molecule has 0 saturated carbocycles. The molecule has 0 aliphatic carbocycles. The van der Waals surface area contributed by atoms with Gasteiger partial charge in [0.2, 0.25) is 0 Å². The van der Waals surface area contributed by atoms with Crippen molar-refractivity contribution >= 4 is 33.7 Å². The average Bonchev–Trinajstić information content (AvgIpc) is 3.07. The lowest BCUT2D eigenvalue weighted by Crippen LogP contribution is -2.24. The van der Waals surface area contributed by atoms with E-state index in [2.05, 4.69) is 30.0 Å². The number of phenols is 1. The number of halogens is 1. The molecule has 5 heteroatoms. The first-order chi connectivity index (χ1) is 11.9. The summed E-state index contributed by atoms with van der Waals surface area (Å²) in [7, 11) is 0. The second-order valence-electron chi connectivity index (χ2n) is 7.19. The molecule has 1 unspecified atom stereocenters. The fraction of sp³-hybridized carbons (Fsp3) is 0.476. The summed E-state index contributed by atoms with van der Waals surface area (Å²) < 4.78 is 0. The lowest BCUT2D eigenvalue weighted by Gasteiger charge is -2.20. The summed E-state index contributed by atoms with van der Waals surface area (Å²) in [5.41, 5.74) is 1.39. The summed E-state index contributed by atoms with van der Waals surface area (Å²) in [4.78, 5) is 12.3. The molecule has 2 aromatic rings. The van der Waals surface area contributed by atoms with E-state index in [0.29, 0.717) is 11.7 Å². The number of hydrogen-bond donors (Lipinski definition) is 2. The smallest absolute Gasteiger partial charge is 0.305 e. The number of fused-ring (bicyclic) bond motifs is 1. The topological polar surface area (TPSA) is 60.8 Å². The molecule has 1 aliphatic heterocycles. The lowest BCUT2D eigenvalue weighted by molar-refractivity contribution is -0.140. The number of rotatable bonds is 4. The number of hydrogen-bond acceptors (Lipinski definition) is 3. The molecule has 1 atom stereocenters. The van der Waals surface area contributed by atoms with Gasteiger partial charge in [-0.2, -0.15) is 0 Å². The molecule has 0 amide bonds. The maximum Gasteiger partial charge on any atom is 0.305 e. The van der Waals surface area contributed by atoms with E-state index in [0.717, 1.165) is 11.9 Å². The van der Waals surface area contributed by atoms with E-state index in [9.17, 15) is 9.90 Å². The molecule has 0 aromatic heterocycles. The van der Waals surface area contributed by atoms with E-state index in [1.54, 1.807) is 19.9 Å². The van der Waals surface area contributed by atoms with E-state index in [4.69, 9.17) is 5.11 Å². The van der Waals surface area contributed by atoms with Crippen LogP contribution in [0.3, 0.4) is 0 Å². The predicted octanol–water partition coefficient (Wildman–Crippen LogP) is 5.05. The van der Waals surface area contributed by atoms with Gasteiger partial charge >= 0.3 is 5.97 Å². The van der Waals surface area contributed by atoms with Gasteiger partial charge in [-0.05, 0) is 60.3 Å². The van der Waals surface area contributed by atoms with Crippen LogP contribution in [0, 0.1) is 5.92 Å². The largest absolute Gasteiger partial charge is 0.508 e. The Labute approximate surface area is 166 Å². The minimum Gasteiger partial charge on any atom is -0.508 e. The highest BCUT2D eigenvalue weighted by Gasteiger charge is 2.15. The molecule has 144 valence electrons. The SMILES string of the molecule is Br.CC(C)C(=O)O.CC(CN1CCCC1)c1ccc2cc(O)ccc2c1. The molecule has 2 aromatic carbocycles. The van der Waals surface area contributed by atoms with Gasteiger partial charge in [-0.3, -0.25) is 4.79 Å². The summed E-state index contributed by atoms with van der Waals surface area (Å²) in [6.07, 6.45) is 2.70. The van der Waals surface area contributed by atoms with E-state index in [-0.39, 0.29) is 22.9 Å². The van der Waals surface area contributed by atoms with Gasteiger partial charge in [-0.25, -0.2) is 0 Å². The number of phenolic OH excluding ortho intramolecular Hbond substituents is 1. The Balaban J connectivity index is 0.000000422. The van der Waals surface area contributed by atoms with Gasteiger partial charge in [-0.15, -0.1) is 17.0 Å². The number of carboxylic acid groups (broad SMARTS) is 1. The quantitative estimate of drug-likeness (QED) is 0.721. The highest BCUT2D eigenvalue weighted by Crippen LogP contribution is 2.25. The Hall–Kier alpha value is -1.59. The number of carboxylic acids is 1. The van der Waals surface area contributed by atoms with Crippen molar-refractivity contribution in [2.45, 2.75) is 39.5 Å². The number of nitrogens with zero attached hydrogens (tertiary/aromatic N) is 1. The summed E-state index contributed by atoms with van der Waals surface area (Å²) in [6, 6.07) is 12.2. The summed E-state index contributed by atoms with van der Waals surface area (Å²) in [6.45, 7) is 9.26. The number of aromatic hydroxyl groups is 1. The average molecular weight is 424 g/mol. The van der Waals surface area contributed by atoms with Crippen molar-refractivity contribution in [3.63, 3.8) is 0 Å². The summed E-state index contributed by atoms with van der Waals surface area (Å²) in [5.74, 6) is -0.0679. The Kier molecular flexibility index (Phi) is 9.09. The van der Waals surface area contributed by atoms with Crippen molar-refractivity contribution in [3.8, 4) is 5.75 Å². The fourth-order valence-electron chi connectivity index (χ4n) is 3.02. The molecule has 0 bridgehead atoms. The summed E-state index contributed by atoms with van der Waals surface area (Å²) in [5, 5.41) is 19.8. The highest BCUT2D eigenvalue weighted by atomic mass is 79.9. The Bertz CT molecular complexity index is 711. The van der Waals surface area contributed by atoms with E-state index in [1.165, 1.54) is 36.9 Å². The molecule has 0 spiro atoms. The summed E-state index contributed by atoms with van der Waals surface area (Å²) >= 11 is 0.